The van der Waals surface area contributed by atoms with E-state index in [1.807, 2.05) is 19.1 Å². The smallest absolute Gasteiger partial charge is 0.120 e. The van der Waals surface area contributed by atoms with Gasteiger partial charge >= 0.3 is 0 Å². The molecular formula is C12H19NO2. The van der Waals surface area contributed by atoms with Crippen LogP contribution in [0.4, 0.5) is 0 Å². The fourth-order valence-electron chi connectivity index (χ4n) is 1.67. The van der Waals surface area contributed by atoms with Crippen LogP contribution in [0.1, 0.15) is 36.5 Å². The van der Waals surface area contributed by atoms with Crippen molar-refractivity contribution >= 4 is 0 Å². The molecule has 15 heavy (non-hydrogen) atoms. The molecule has 0 fully saturated rings. The number of hydrogen-bond donors (Lipinski definition) is 2. The van der Waals surface area contributed by atoms with E-state index in [4.69, 9.17) is 4.84 Å². The third-order valence-corrected chi connectivity index (χ3v) is 2.50. The fourth-order valence-corrected chi connectivity index (χ4v) is 1.67. The van der Waals surface area contributed by atoms with E-state index in [2.05, 4.69) is 19.3 Å². The van der Waals surface area contributed by atoms with E-state index in [1.165, 1.54) is 5.56 Å². The fraction of sp³-hybridized carbons (Fsp3) is 0.500. The molecule has 1 aromatic rings. The average molecular weight is 209 g/mol. The number of phenolic OH excluding ortho intramolecular Hbond substituents is 1. The summed E-state index contributed by atoms with van der Waals surface area (Å²) in [6.07, 6.45) is 0. The molecule has 3 nitrogen and oxygen atoms in total. The van der Waals surface area contributed by atoms with E-state index < -0.39 is 0 Å². The highest BCUT2D eigenvalue weighted by Gasteiger charge is 2.08. The zero-order valence-corrected chi connectivity index (χ0v) is 9.79. The van der Waals surface area contributed by atoms with Crippen LogP contribution < -0.4 is 5.48 Å². The second-order valence-electron chi connectivity index (χ2n) is 4.02. The average Bonchev–Trinajstić information content (AvgIpc) is 2.16. The van der Waals surface area contributed by atoms with Gasteiger partial charge in [-0.1, -0.05) is 19.9 Å². The first-order chi connectivity index (χ1) is 7.06. The zero-order chi connectivity index (χ0) is 11.4. The first kappa shape index (κ1) is 12.0. The summed E-state index contributed by atoms with van der Waals surface area (Å²) in [5.74, 6) is 0.786. The largest absolute Gasteiger partial charge is 0.508 e. The molecule has 0 aromatic heterocycles. The Kier molecular flexibility index (Phi) is 4.12. The van der Waals surface area contributed by atoms with Gasteiger partial charge in [0.05, 0.1) is 7.11 Å². The van der Waals surface area contributed by atoms with E-state index in [0.29, 0.717) is 18.2 Å². The van der Waals surface area contributed by atoms with Gasteiger partial charge in [-0.25, -0.2) is 0 Å². The third kappa shape index (κ3) is 2.94. The van der Waals surface area contributed by atoms with Crippen LogP contribution >= 0.6 is 0 Å². The van der Waals surface area contributed by atoms with Crippen LogP contribution in [0.2, 0.25) is 0 Å². The van der Waals surface area contributed by atoms with Crippen molar-refractivity contribution in [3.05, 3.63) is 28.8 Å². The normalized spacial score (nSPS) is 11.0. The summed E-state index contributed by atoms with van der Waals surface area (Å²) in [5, 5.41) is 9.73. The molecule has 1 aromatic carbocycles. The molecule has 0 aliphatic rings. The second kappa shape index (κ2) is 5.14. The second-order valence-corrected chi connectivity index (χ2v) is 4.02. The van der Waals surface area contributed by atoms with Gasteiger partial charge in [-0.05, 0) is 30.0 Å². The molecule has 0 aliphatic heterocycles. The maximum absolute atomic E-state index is 9.73. The number of aromatic hydroxyl groups is 1. The van der Waals surface area contributed by atoms with Gasteiger partial charge in [-0.2, -0.15) is 5.48 Å². The van der Waals surface area contributed by atoms with Crippen LogP contribution in [0.5, 0.6) is 5.75 Å². The number of rotatable bonds is 4. The summed E-state index contributed by atoms with van der Waals surface area (Å²) >= 11 is 0. The first-order valence-corrected chi connectivity index (χ1v) is 5.14. The molecule has 0 heterocycles. The summed E-state index contributed by atoms with van der Waals surface area (Å²) in [6.45, 7) is 6.82. The minimum Gasteiger partial charge on any atom is -0.508 e. The SMILES string of the molecule is CONCc1cc(C(C)C)c(C)cc1O. The van der Waals surface area contributed by atoms with E-state index in [9.17, 15) is 5.11 Å². The van der Waals surface area contributed by atoms with Crippen molar-refractivity contribution in [1.29, 1.82) is 0 Å². The number of benzene rings is 1. The minimum atomic E-state index is 0.321. The molecule has 0 bridgehead atoms. The van der Waals surface area contributed by atoms with Crippen molar-refractivity contribution in [3.63, 3.8) is 0 Å². The van der Waals surface area contributed by atoms with Gasteiger partial charge < -0.3 is 9.94 Å². The molecule has 3 heteroatoms. The Bertz CT molecular complexity index is 335. The molecular weight excluding hydrogens is 190 g/mol. The molecule has 84 valence electrons. The summed E-state index contributed by atoms with van der Waals surface area (Å²) in [5.41, 5.74) is 5.99. The van der Waals surface area contributed by atoms with Crippen molar-refractivity contribution < 1.29 is 9.94 Å². The highest BCUT2D eigenvalue weighted by Crippen LogP contribution is 2.26. The Balaban J connectivity index is 3.00. The molecule has 2 N–H and O–H groups in total. The van der Waals surface area contributed by atoms with E-state index >= 15 is 0 Å². The molecule has 0 atom stereocenters. The van der Waals surface area contributed by atoms with Crippen molar-refractivity contribution in [2.75, 3.05) is 7.11 Å². The number of phenols is 1. The highest BCUT2D eigenvalue weighted by atomic mass is 16.6. The van der Waals surface area contributed by atoms with Crippen molar-refractivity contribution in [2.24, 2.45) is 0 Å². The van der Waals surface area contributed by atoms with Gasteiger partial charge in [0.25, 0.3) is 0 Å². The third-order valence-electron chi connectivity index (χ3n) is 2.50. The van der Waals surface area contributed by atoms with Gasteiger partial charge in [-0.15, -0.1) is 0 Å². The summed E-state index contributed by atoms with van der Waals surface area (Å²) in [7, 11) is 1.56. The molecule has 0 radical (unpaired) electrons. The summed E-state index contributed by atoms with van der Waals surface area (Å²) in [4.78, 5) is 4.77. The van der Waals surface area contributed by atoms with Crippen molar-refractivity contribution in [1.82, 2.24) is 5.48 Å². The minimum absolute atomic E-state index is 0.321. The van der Waals surface area contributed by atoms with Gasteiger partial charge in [0.15, 0.2) is 0 Å². The van der Waals surface area contributed by atoms with Gasteiger partial charge in [0, 0.05) is 12.1 Å². The Hall–Kier alpha value is -1.06. The molecule has 0 unspecified atom stereocenters. The molecule has 0 saturated heterocycles. The molecule has 0 aliphatic carbocycles. The van der Waals surface area contributed by atoms with Gasteiger partial charge in [0.2, 0.25) is 0 Å². The van der Waals surface area contributed by atoms with Crippen LogP contribution in [-0.4, -0.2) is 12.2 Å². The maximum Gasteiger partial charge on any atom is 0.120 e. The Morgan fingerprint density at radius 1 is 1.40 bits per heavy atom. The molecule has 0 saturated carbocycles. The van der Waals surface area contributed by atoms with Crippen LogP contribution in [0.3, 0.4) is 0 Å². The van der Waals surface area contributed by atoms with Crippen LogP contribution in [-0.2, 0) is 11.4 Å². The Morgan fingerprint density at radius 3 is 2.60 bits per heavy atom. The van der Waals surface area contributed by atoms with Gasteiger partial charge in [0.1, 0.15) is 5.75 Å². The number of aryl methyl sites for hydroxylation is 1. The lowest BCUT2D eigenvalue weighted by Gasteiger charge is -2.13. The lowest BCUT2D eigenvalue weighted by molar-refractivity contribution is 0.0861. The van der Waals surface area contributed by atoms with Crippen LogP contribution in [0.25, 0.3) is 0 Å². The first-order valence-electron chi connectivity index (χ1n) is 5.14. The zero-order valence-electron chi connectivity index (χ0n) is 9.79. The summed E-state index contributed by atoms with van der Waals surface area (Å²) in [6, 6.07) is 3.84. The Labute approximate surface area is 91.0 Å². The van der Waals surface area contributed by atoms with E-state index in [-0.39, 0.29) is 0 Å². The monoisotopic (exact) mass is 209 g/mol. The highest BCUT2D eigenvalue weighted by molar-refractivity contribution is 5.42. The topological polar surface area (TPSA) is 41.5 Å². The van der Waals surface area contributed by atoms with Crippen LogP contribution in [0, 0.1) is 6.92 Å². The molecule has 1 rings (SSSR count). The van der Waals surface area contributed by atoms with E-state index in [0.717, 1.165) is 11.1 Å². The standard InChI is InChI=1S/C12H19NO2/c1-8(2)11-6-10(7-13-15-4)12(14)5-9(11)3/h5-6,8,13-14H,7H2,1-4H3. The lowest BCUT2D eigenvalue weighted by Crippen LogP contribution is -2.11. The number of nitrogens with one attached hydrogen (secondary N) is 1. The maximum atomic E-state index is 9.73. The number of hydrogen-bond acceptors (Lipinski definition) is 3. The van der Waals surface area contributed by atoms with Gasteiger partial charge in [-0.3, -0.25) is 0 Å². The lowest BCUT2D eigenvalue weighted by atomic mass is 9.95. The van der Waals surface area contributed by atoms with Crippen LogP contribution in [0.15, 0.2) is 12.1 Å². The Morgan fingerprint density at radius 2 is 2.07 bits per heavy atom. The van der Waals surface area contributed by atoms with Crippen molar-refractivity contribution in [2.45, 2.75) is 33.2 Å². The molecule has 0 spiro atoms. The molecule has 0 amide bonds. The predicted molar refractivity (Wildman–Crippen MR) is 60.8 cm³/mol. The quantitative estimate of drug-likeness (QED) is 0.748. The predicted octanol–water partition coefficient (Wildman–Crippen LogP) is 2.48. The number of hydroxylamine groups is 1. The van der Waals surface area contributed by atoms with Crippen molar-refractivity contribution in [3.8, 4) is 5.75 Å². The van der Waals surface area contributed by atoms with E-state index in [1.54, 1.807) is 7.11 Å². The summed E-state index contributed by atoms with van der Waals surface area (Å²) < 4.78 is 0.